The number of aromatic nitrogens is 2. The minimum absolute atomic E-state index is 0.00396. The van der Waals surface area contributed by atoms with Gasteiger partial charge in [0.15, 0.2) is 0 Å². The first-order valence-corrected chi connectivity index (χ1v) is 4.74. The van der Waals surface area contributed by atoms with Crippen molar-refractivity contribution >= 4 is 22.5 Å². The number of fused-ring (bicyclic) bond motifs is 1. The van der Waals surface area contributed by atoms with Crippen molar-refractivity contribution in [3.8, 4) is 0 Å². The lowest BCUT2D eigenvalue weighted by atomic mass is 10.1. The molecule has 0 atom stereocenters. The summed E-state index contributed by atoms with van der Waals surface area (Å²) in [6.07, 6.45) is 0. The van der Waals surface area contributed by atoms with Crippen LogP contribution >= 0.6 is 11.6 Å². The Kier molecular flexibility index (Phi) is 2.21. The highest BCUT2D eigenvalue weighted by atomic mass is 35.5. The van der Waals surface area contributed by atoms with Crippen LogP contribution < -0.4 is 0 Å². The van der Waals surface area contributed by atoms with Crippen LogP contribution in [0, 0.1) is 6.92 Å². The summed E-state index contributed by atoms with van der Waals surface area (Å²) >= 11 is 6.09. The molecule has 0 saturated carbocycles. The van der Waals surface area contributed by atoms with Crippen molar-refractivity contribution in [1.29, 1.82) is 0 Å². The standard InChI is InChI=1S/C10H11ClN2O/c1-6-8-3-7(5-14)4-9(11)10(8)13(2)12-6/h3-4,14H,5H2,1-2H3. The molecule has 3 nitrogen and oxygen atoms in total. The summed E-state index contributed by atoms with van der Waals surface area (Å²) in [5.74, 6) is 0. The number of hydrogen-bond acceptors (Lipinski definition) is 2. The van der Waals surface area contributed by atoms with Crippen LogP contribution in [0.2, 0.25) is 5.02 Å². The molecule has 2 rings (SSSR count). The molecule has 0 spiro atoms. The quantitative estimate of drug-likeness (QED) is 0.782. The minimum atomic E-state index is 0.00396. The van der Waals surface area contributed by atoms with Crippen LogP contribution in [0.25, 0.3) is 10.9 Å². The third-order valence-electron chi connectivity index (χ3n) is 2.32. The van der Waals surface area contributed by atoms with E-state index in [2.05, 4.69) is 5.10 Å². The second kappa shape index (κ2) is 3.26. The SMILES string of the molecule is Cc1nn(C)c2c(Cl)cc(CO)cc12. The van der Waals surface area contributed by atoms with Crippen molar-refractivity contribution < 1.29 is 5.11 Å². The highest BCUT2D eigenvalue weighted by Gasteiger charge is 2.09. The Morgan fingerprint density at radius 3 is 2.86 bits per heavy atom. The van der Waals surface area contributed by atoms with Gasteiger partial charge in [0.25, 0.3) is 0 Å². The summed E-state index contributed by atoms with van der Waals surface area (Å²) in [5.41, 5.74) is 2.67. The van der Waals surface area contributed by atoms with Gasteiger partial charge in [0.05, 0.1) is 22.8 Å². The van der Waals surface area contributed by atoms with Gasteiger partial charge in [-0.3, -0.25) is 4.68 Å². The Hall–Kier alpha value is -1.06. The van der Waals surface area contributed by atoms with Gasteiger partial charge in [0.1, 0.15) is 0 Å². The van der Waals surface area contributed by atoms with Crippen LogP contribution in [0.1, 0.15) is 11.3 Å². The Bertz CT molecular complexity index is 490. The molecular formula is C10H11ClN2O. The van der Waals surface area contributed by atoms with Crippen LogP contribution in [0.15, 0.2) is 12.1 Å². The molecule has 0 bridgehead atoms. The van der Waals surface area contributed by atoms with Gasteiger partial charge in [-0.15, -0.1) is 0 Å². The topological polar surface area (TPSA) is 38.0 Å². The fourth-order valence-electron chi connectivity index (χ4n) is 1.68. The molecule has 1 heterocycles. The number of aryl methyl sites for hydroxylation is 2. The number of rotatable bonds is 1. The third-order valence-corrected chi connectivity index (χ3v) is 2.61. The second-order valence-corrected chi connectivity index (χ2v) is 3.75. The van der Waals surface area contributed by atoms with Crippen LogP contribution in [0.4, 0.5) is 0 Å². The summed E-state index contributed by atoms with van der Waals surface area (Å²) < 4.78 is 1.76. The van der Waals surface area contributed by atoms with Gasteiger partial charge in [0, 0.05) is 12.4 Å². The van der Waals surface area contributed by atoms with Gasteiger partial charge < -0.3 is 5.11 Å². The number of halogens is 1. The number of nitrogens with zero attached hydrogens (tertiary/aromatic N) is 2. The Labute approximate surface area is 86.9 Å². The maximum atomic E-state index is 9.03. The average Bonchev–Trinajstić information content (AvgIpc) is 2.42. The fourth-order valence-corrected chi connectivity index (χ4v) is 2.04. The van der Waals surface area contributed by atoms with Gasteiger partial charge in [-0.05, 0) is 24.6 Å². The zero-order valence-corrected chi connectivity index (χ0v) is 8.84. The Morgan fingerprint density at radius 1 is 1.50 bits per heavy atom. The molecule has 2 aromatic rings. The third kappa shape index (κ3) is 1.29. The van der Waals surface area contributed by atoms with Crippen molar-refractivity contribution in [2.45, 2.75) is 13.5 Å². The van der Waals surface area contributed by atoms with Crippen molar-refractivity contribution in [2.75, 3.05) is 0 Å². The van der Waals surface area contributed by atoms with Crippen molar-refractivity contribution in [3.05, 3.63) is 28.4 Å². The Morgan fingerprint density at radius 2 is 2.21 bits per heavy atom. The van der Waals surface area contributed by atoms with Crippen LogP contribution in [-0.2, 0) is 13.7 Å². The summed E-state index contributed by atoms with van der Waals surface area (Å²) in [6, 6.07) is 3.69. The molecule has 1 aromatic heterocycles. The van der Waals surface area contributed by atoms with Crippen LogP contribution in [-0.4, -0.2) is 14.9 Å². The number of aliphatic hydroxyl groups is 1. The molecule has 0 amide bonds. The molecule has 0 aliphatic rings. The molecule has 14 heavy (non-hydrogen) atoms. The molecule has 0 aliphatic heterocycles. The maximum Gasteiger partial charge on any atom is 0.0868 e. The maximum absolute atomic E-state index is 9.03. The molecule has 0 fully saturated rings. The van der Waals surface area contributed by atoms with E-state index in [1.54, 1.807) is 10.7 Å². The first kappa shape index (κ1) is 9.49. The molecule has 0 unspecified atom stereocenters. The molecule has 0 aliphatic carbocycles. The van der Waals surface area contributed by atoms with Gasteiger partial charge in [-0.2, -0.15) is 5.10 Å². The van der Waals surface area contributed by atoms with Crippen molar-refractivity contribution in [1.82, 2.24) is 9.78 Å². The minimum Gasteiger partial charge on any atom is -0.392 e. The van der Waals surface area contributed by atoms with E-state index in [1.165, 1.54) is 0 Å². The van der Waals surface area contributed by atoms with E-state index >= 15 is 0 Å². The zero-order chi connectivity index (χ0) is 10.3. The zero-order valence-electron chi connectivity index (χ0n) is 8.08. The van der Waals surface area contributed by atoms with Gasteiger partial charge in [-0.25, -0.2) is 0 Å². The number of hydrogen-bond donors (Lipinski definition) is 1. The first-order chi connectivity index (χ1) is 6.63. The van der Waals surface area contributed by atoms with Gasteiger partial charge >= 0.3 is 0 Å². The highest BCUT2D eigenvalue weighted by molar-refractivity contribution is 6.35. The molecular weight excluding hydrogens is 200 g/mol. The van der Waals surface area contributed by atoms with Crippen molar-refractivity contribution in [2.24, 2.45) is 7.05 Å². The van der Waals surface area contributed by atoms with E-state index in [1.807, 2.05) is 20.0 Å². The summed E-state index contributed by atoms with van der Waals surface area (Å²) in [4.78, 5) is 0. The molecule has 1 N–H and O–H groups in total. The van der Waals surface area contributed by atoms with E-state index < -0.39 is 0 Å². The summed E-state index contributed by atoms with van der Waals surface area (Å²) in [5, 5.41) is 14.9. The summed E-state index contributed by atoms with van der Waals surface area (Å²) in [6.45, 7) is 1.93. The largest absolute Gasteiger partial charge is 0.392 e. The predicted octanol–water partition coefficient (Wildman–Crippen LogP) is 2.03. The normalized spacial score (nSPS) is 11.1. The van der Waals surface area contributed by atoms with E-state index in [-0.39, 0.29) is 6.61 Å². The molecule has 74 valence electrons. The van der Waals surface area contributed by atoms with Crippen LogP contribution in [0.3, 0.4) is 0 Å². The van der Waals surface area contributed by atoms with E-state index in [9.17, 15) is 0 Å². The average molecular weight is 211 g/mol. The van der Waals surface area contributed by atoms with E-state index in [4.69, 9.17) is 16.7 Å². The molecule has 4 heteroatoms. The molecule has 1 aromatic carbocycles. The lowest BCUT2D eigenvalue weighted by Crippen LogP contribution is -1.91. The van der Waals surface area contributed by atoms with E-state index in [0.717, 1.165) is 22.2 Å². The second-order valence-electron chi connectivity index (χ2n) is 3.34. The molecule has 0 radical (unpaired) electrons. The van der Waals surface area contributed by atoms with Gasteiger partial charge in [0.2, 0.25) is 0 Å². The number of benzene rings is 1. The van der Waals surface area contributed by atoms with E-state index in [0.29, 0.717) is 5.02 Å². The highest BCUT2D eigenvalue weighted by Crippen LogP contribution is 2.27. The smallest absolute Gasteiger partial charge is 0.0868 e. The Balaban J connectivity index is 2.86. The van der Waals surface area contributed by atoms with Crippen LogP contribution in [0.5, 0.6) is 0 Å². The first-order valence-electron chi connectivity index (χ1n) is 4.36. The summed E-state index contributed by atoms with van der Waals surface area (Å²) in [7, 11) is 1.86. The van der Waals surface area contributed by atoms with Crippen molar-refractivity contribution in [3.63, 3.8) is 0 Å². The lowest BCUT2D eigenvalue weighted by Gasteiger charge is -2.01. The number of aliphatic hydroxyl groups excluding tert-OH is 1. The monoisotopic (exact) mass is 210 g/mol. The fraction of sp³-hybridized carbons (Fsp3) is 0.300. The molecule has 0 saturated heterocycles. The predicted molar refractivity (Wildman–Crippen MR) is 56.4 cm³/mol. The lowest BCUT2D eigenvalue weighted by molar-refractivity contribution is 0.282. The van der Waals surface area contributed by atoms with Gasteiger partial charge in [-0.1, -0.05) is 11.6 Å².